The van der Waals surface area contributed by atoms with Crippen LogP contribution in [0.2, 0.25) is 5.02 Å². The molecule has 0 bridgehead atoms. The quantitative estimate of drug-likeness (QED) is 0.922. The second kappa shape index (κ2) is 6.72. The Morgan fingerprint density at radius 2 is 2.10 bits per heavy atom. The number of nitrogens with zero attached hydrogens (tertiary/aromatic N) is 3. The van der Waals surface area contributed by atoms with Crippen molar-refractivity contribution in [3.05, 3.63) is 46.5 Å². The Balaban J connectivity index is 2.16. The highest BCUT2D eigenvalue weighted by atomic mass is 35.5. The summed E-state index contributed by atoms with van der Waals surface area (Å²) in [7, 11) is 0. The first-order chi connectivity index (χ1) is 10.0. The smallest absolute Gasteiger partial charge is 0.293 e. The number of carbonyl (C=O) groups excluding carboxylic acids is 1. The van der Waals surface area contributed by atoms with Gasteiger partial charge in [-0.05, 0) is 18.6 Å². The molecule has 0 aliphatic heterocycles. The SMILES string of the molecule is CCN(Cc1ccccc1Cl)C(=O)c1n[nH]c(C(C)C)n1. The van der Waals surface area contributed by atoms with Crippen LogP contribution < -0.4 is 0 Å². The summed E-state index contributed by atoms with van der Waals surface area (Å²) in [5.74, 6) is 0.929. The van der Waals surface area contributed by atoms with Gasteiger partial charge in [-0.2, -0.15) is 0 Å². The van der Waals surface area contributed by atoms with Gasteiger partial charge >= 0.3 is 0 Å². The van der Waals surface area contributed by atoms with E-state index in [1.54, 1.807) is 4.90 Å². The summed E-state index contributed by atoms with van der Waals surface area (Å²) in [6, 6.07) is 7.51. The molecule has 0 saturated carbocycles. The standard InChI is InChI=1S/C15H19ClN4O/c1-4-20(9-11-7-5-6-8-12(11)16)15(21)14-17-13(10(2)3)18-19-14/h5-8,10H,4,9H2,1-3H3,(H,17,18,19). The van der Waals surface area contributed by atoms with E-state index >= 15 is 0 Å². The molecule has 0 atom stereocenters. The third-order valence-corrected chi connectivity index (χ3v) is 3.60. The Bertz CT molecular complexity index is 624. The van der Waals surface area contributed by atoms with E-state index < -0.39 is 0 Å². The fourth-order valence-electron chi connectivity index (χ4n) is 1.93. The number of hydrogen-bond acceptors (Lipinski definition) is 3. The minimum Gasteiger partial charge on any atom is -0.332 e. The van der Waals surface area contributed by atoms with Crippen LogP contribution in [0.25, 0.3) is 0 Å². The number of nitrogens with one attached hydrogen (secondary N) is 1. The van der Waals surface area contributed by atoms with E-state index in [0.717, 1.165) is 5.56 Å². The number of aromatic nitrogens is 3. The van der Waals surface area contributed by atoms with Crippen LogP contribution in [-0.4, -0.2) is 32.5 Å². The maximum Gasteiger partial charge on any atom is 0.293 e. The monoisotopic (exact) mass is 306 g/mol. The molecule has 1 N–H and O–H groups in total. The molecule has 0 unspecified atom stereocenters. The van der Waals surface area contributed by atoms with Crippen LogP contribution in [0.3, 0.4) is 0 Å². The lowest BCUT2D eigenvalue weighted by atomic mass is 10.2. The first kappa shape index (κ1) is 15.5. The lowest BCUT2D eigenvalue weighted by molar-refractivity contribution is 0.0740. The number of carbonyl (C=O) groups is 1. The number of halogens is 1. The third-order valence-electron chi connectivity index (χ3n) is 3.23. The molecule has 1 amide bonds. The van der Waals surface area contributed by atoms with Gasteiger partial charge in [-0.1, -0.05) is 43.6 Å². The van der Waals surface area contributed by atoms with Crippen molar-refractivity contribution >= 4 is 17.5 Å². The maximum absolute atomic E-state index is 12.5. The lowest BCUT2D eigenvalue weighted by Crippen LogP contribution is -2.31. The number of benzene rings is 1. The highest BCUT2D eigenvalue weighted by molar-refractivity contribution is 6.31. The number of amides is 1. The molecule has 21 heavy (non-hydrogen) atoms. The number of rotatable bonds is 5. The summed E-state index contributed by atoms with van der Waals surface area (Å²) in [5.41, 5.74) is 0.911. The van der Waals surface area contributed by atoms with Crippen molar-refractivity contribution in [2.45, 2.75) is 33.2 Å². The fourth-order valence-corrected chi connectivity index (χ4v) is 2.12. The molecule has 0 saturated heterocycles. The second-order valence-corrected chi connectivity index (χ2v) is 5.52. The first-order valence-corrected chi connectivity index (χ1v) is 7.35. The number of hydrogen-bond donors (Lipinski definition) is 1. The minimum atomic E-state index is -0.194. The zero-order chi connectivity index (χ0) is 15.4. The number of H-pyrrole nitrogens is 1. The molecule has 112 valence electrons. The summed E-state index contributed by atoms with van der Waals surface area (Å²) in [6.45, 7) is 6.92. The average Bonchev–Trinajstić information content (AvgIpc) is 2.96. The summed E-state index contributed by atoms with van der Waals surface area (Å²) >= 11 is 6.15. The van der Waals surface area contributed by atoms with Crippen LogP contribution in [0, 0.1) is 0 Å². The molecule has 2 aromatic rings. The van der Waals surface area contributed by atoms with Crippen molar-refractivity contribution in [2.75, 3.05) is 6.54 Å². The van der Waals surface area contributed by atoms with Crippen LogP contribution >= 0.6 is 11.6 Å². The Morgan fingerprint density at radius 3 is 2.67 bits per heavy atom. The maximum atomic E-state index is 12.5. The van der Waals surface area contributed by atoms with Crippen molar-refractivity contribution < 1.29 is 4.79 Å². The molecule has 0 spiro atoms. The molecule has 6 heteroatoms. The molecule has 1 aromatic heterocycles. The second-order valence-electron chi connectivity index (χ2n) is 5.11. The Morgan fingerprint density at radius 1 is 1.38 bits per heavy atom. The highest BCUT2D eigenvalue weighted by Gasteiger charge is 2.20. The van der Waals surface area contributed by atoms with Crippen LogP contribution in [0.5, 0.6) is 0 Å². The molecular weight excluding hydrogens is 288 g/mol. The van der Waals surface area contributed by atoms with Crippen LogP contribution in [0.15, 0.2) is 24.3 Å². The van der Waals surface area contributed by atoms with Gasteiger partial charge < -0.3 is 4.90 Å². The van der Waals surface area contributed by atoms with Crippen LogP contribution in [-0.2, 0) is 6.54 Å². The van der Waals surface area contributed by atoms with Gasteiger partial charge in [-0.15, -0.1) is 5.10 Å². The Labute approximate surface area is 129 Å². The van der Waals surface area contributed by atoms with Crippen LogP contribution in [0.1, 0.15) is 48.7 Å². The molecule has 0 aliphatic carbocycles. The van der Waals surface area contributed by atoms with E-state index in [2.05, 4.69) is 15.2 Å². The van der Waals surface area contributed by atoms with Gasteiger partial charge in [0.1, 0.15) is 5.82 Å². The Hall–Kier alpha value is -1.88. The van der Waals surface area contributed by atoms with E-state index in [9.17, 15) is 4.79 Å². The molecular formula is C15H19ClN4O. The van der Waals surface area contributed by atoms with Crippen molar-refractivity contribution in [3.63, 3.8) is 0 Å². The minimum absolute atomic E-state index is 0.194. The van der Waals surface area contributed by atoms with E-state index in [1.165, 1.54) is 0 Å². The van der Waals surface area contributed by atoms with E-state index in [1.807, 2.05) is 45.0 Å². The van der Waals surface area contributed by atoms with Gasteiger partial charge in [0.2, 0.25) is 5.82 Å². The predicted molar refractivity (Wildman–Crippen MR) is 82.3 cm³/mol. The molecule has 1 heterocycles. The van der Waals surface area contributed by atoms with Crippen molar-refractivity contribution in [1.82, 2.24) is 20.1 Å². The van der Waals surface area contributed by atoms with Gasteiger partial charge in [-0.25, -0.2) is 4.98 Å². The predicted octanol–water partition coefficient (Wildman–Crippen LogP) is 3.24. The number of aromatic amines is 1. The van der Waals surface area contributed by atoms with E-state index in [-0.39, 0.29) is 17.6 Å². The van der Waals surface area contributed by atoms with Gasteiger partial charge in [0.15, 0.2) is 0 Å². The van der Waals surface area contributed by atoms with Crippen LogP contribution in [0.4, 0.5) is 0 Å². The first-order valence-electron chi connectivity index (χ1n) is 6.97. The molecule has 0 aliphatic rings. The topological polar surface area (TPSA) is 61.9 Å². The molecule has 5 nitrogen and oxygen atoms in total. The Kier molecular flexibility index (Phi) is 4.96. The normalized spacial score (nSPS) is 10.9. The van der Waals surface area contributed by atoms with Gasteiger partial charge in [0, 0.05) is 24.0 Å². The summed E-state index contributed by atoms with van der Waals surface area (Å²) in [6.07, 6.45) is 0. The zero-order valence-electron chi connectivity index (χ0n) is 12.4. The molecule has 2 rings (SSSR count). The van der Waals surface area contributed by atoms with E-state index in [0.29, 0.717) is 23.9 Å². The molecule has 0 radical (unpaired) electrons. The zero-order valence-corrected chi connectivity index (χ0v) is 13.2. The van der Waals surface area contributed by atoms with Gasteiger partial charge in [0.25, 0.3) is 5.91 Å². The third kappa shape index (κ3) is 3.61. The fraction of sp³-hybridized carbons (Fsp3) is 0.400. The lowest BCUT2D eigenvalue weighted by Gasteiger charge is -2.19. The average molecular weight is 307 g/mol. The molecule has 1 aromatic carbocycles. The largest absolute Gasteiger partial charge is 0.332 e. The van der Waals surface area contributed by atoms with Crippen molar-refractivity contribution in [2.24, 2.45) is 0 Å². The summed E-state index contributed by atoms with van der Waals surface area (Å²) < 4.78 is 0. The van der Waals surface area contributed by atoms with Crippen molar-refractivity contribution in [3.8, 4) is 0 Å². The summed E-state index contributed by atoms with van der Waals surface area (Å²) in [5, 5.41) is 7.47. The van der Waals surface area contributed by atoms with Crippen molar-refractivity contribution in [1.29, 1.82) is 0 Å². The van der Waals surface area contributed by atoms with E-state index in [4.69, 9.17) is 11.6 Å². The van der Waals surface area contributed by atoms with Gasteiger partial charge in [-0.3, -0.25) is 9.89 Å². The summed E-state index contributed by atoms with van der Waals surface area (Å²) in [4.78, 5) is 18.4. The van der Waals surface area contributed by atoms with Gasteiger partial charge in [0.05, 0.1) is 0 Å². The molecule has 0 fully saturated rings. The highest BCUT2D eigenvalue weighted by Crippen LogP contribution is 2.18.